The Morgan fingerprint density at radius 3 is 2.11 bits per heavy atom. The zero-order chi connectivity index (χ0) is 13.7. The topological polar surface area (TPSA) is 60.9 Å². The number of amides is 2. The quantitative estimate of drug-likeness (QED) is 0.853. The maximum absolute atomic E-state index is 12.3. The summed E-state index contributed by atoms with van der Waals surface area (Å²) in [5.74, 6) is -0.242. The molecule has 0 aliphatic carbocycles. The van der Waals surface area contributed by atoms with Gasteiger partial charge in [0.15, 0.2) is 0 Å². The summed E-state index contributed by atoms with van der Waals surface area (Å²) in [7, 11) is 0. The second-order valence-corrected chi connectivity index (χ2v) is 5.69. The van der Waals surface area contributed by atoms with Crippen molar-refractivity contribution in [1.82, 2.24) is 9.80 Å². The maximum Gasteiger partial charge on any atom is 0.319 e. The van der Waals surface area contributed by atoms with E-state index in [-0.39, 0.29) is 12.5 Å². The fraction of sp³-hybridized carbons (Fsp3) is 0.857. The van der Waals surface area contributed by atoms with Crippen molar-refractivity contribution in [2.45, 2.75) is 44.9 Å². The average molecular weight is 268 g/mol. The molecule has 2 rings (SSSR count). The van der Waals surface area contributed by atoms with Gasteiger partial charge in [-0.2, -0.15) is 0 Å². The minimum absolute atomic E-state index is 0.191. The third-order valence-electron chi connectivity index (χ3n) is 4.28. The van der Waals surface area contributed by atoms with E-state index in [1.807, 2.05) is 9.80 Å². The van der Waals surface area contributed by atoms with E-state index in [0.29, 0.717) is 5.92 Å². The van der Waals surface area contributed by atoms with Crippen LogP contribution in [-0.4, -0.2) is 53.1 Å². The van der Waals surface area contributed by atoms with Crippen LogP contribution in [0.4, 0.5) is 4.79 Å². The molecule has 0 saturated carbocycles. The molecule has 19 heavy (non-hydrogen) atoms. The number of nitrogens with zero attached hydrogens (tertiary/aromatic N) is 2. The summed E-state index contributed by atoms with van der Waals surface area (Å²) < 4.78 is 0. The van der Waals surface area contributed by atoms with Gasteiger partial charge in [-0.3, -0.25) is 4.79 Å². The highest BCUT2D eigenvalue weighted by Crippen LogP contribution is 2.23. The Morgan fingerprint density at radius 1 is 0.947 bits per heavy atom. The Kier molecular flexibility index (Phi) is 5.05. The van der Waals surface area contributed by atoms with Gasteiger partial charge in [-0.15, -0.1) is 0 Å². The van der Waals surface area contributed by atoms with Crippen molar-refractivity contribution in [3.05, 3.63) is 0 Å². The first-order valence-electron chi connectivity index (χ1n) is 7.42. The maximum atomic E-state index is 12.3. The Bertz CT molecular complexity index is 319. The lowest BCUT2D eigenvalue weighted by Gasteiger charge is -2.37. The first kappa shape index (κ1) is 14.2. The minimum atomic E-state index is -0.716. The van der Waals surface area contributed by atoms with E-state index < -0.39 is 5.97 Å². The van der Waals surface area contributed by atoms with Gasteiger partial charge >= 0.3 is 12.0 Å². The first-order valence-corrected chi connectivity index (χ1v) is 7.42. The van der Waals surface area contributed by atoms with E-state index in [4.69, 9.17) is 5.11 Å². The van der Waals surface area contributed by atoms with E-state index in [1.54, 1.807) is 0 Å². The fourth-order valence-corrected chi connectivity index (χ4v) is 3.03. The van der Waals surface area contributed by atoms with Crippen LogP contribution in [0.3, 0.4) is 0 Å². The van der Waals surface area contributed by atoms with E-state index in [0.717, 1.165) is 58.3 Å². The predicted molar refractivity (Wildman–Crippen MR) is 72.0 cm³/mol. The van der Waals surface area contributed by atoms with Gasteiger partial charge in [0.25, 0.3) is 0 Å². The van der Waals surface area contributed by atoms with Crippen LogP contribution >= 0.6 is 0 Å². The van der Waals surface area contributed by atoms with Gasteiger partial charge in [0, 0.05) is 32.6 Å². The molecule has 108 valence electrons. The van der Waals surface area contributed by atoms with Gasteiger partial charge in [-0.25, -0.2) is 4.79 Å². The fourth-order valence-electron chi connectivity index (χ4n) is 3.03. The molecule has 0 atom stereocenters. The molecule has 2 fully saturated rings. The van der Waals surface area contributed by atoms with E-state index in [2.05, 4.69) is 0 Å². The van der Waals surface area contributed by atoms with Crippen LogP contribution in [-0.2, 0) is 4.79 Å². The van der Waals surface area contributed by atoms with Crippen LogP contribution < -0.4 is 0 Å². The molecule has 2 heterocycles. The number of carboxylic acids is 1. The predicted octanol–water partition coefficient (Wildman–Crippen LogP) is 2.17. The molecule has 0 aromatic rings. The van der Waals surface area contributed by atoms with E-state index in [1.165, 1.54) is 6.42 Å². The summed E-state index contributed by atoms with van der Waals surface area (Å²) in [6.45, 7) is 3.38. The number of piperidine rings is 2. The highest BCUT2D eigenvalue weighted by Gasteiger charge is 2.27. The largest absolute Gasteiger partial charge is 0.481 e. The number of carbonyl (C=O) groups is 2. The van der Waals surface area contributed by atoms with Gasteiger partial charge in [-0.1, -0.05) is 0 Å². The SMILES string of the molecule is O=C(O)CCC1CCN(C(=O)N2CCCCC2)CC1. The number of carbonyl (C=O) groups excluding carboxylic acids is 1. The summed E-state index contributed by atoms with van der Waals surface area (Å²) in [6, 6.07) is 0.191. The Morgan fingerprint density at radius 2 is 1.53 bits per heavy atom. The standard InChI is InChI=1S/C14H24N2O3/c17-13(18)5-4-12-6-10-16(11-7-12)14(19)15-8-2-1-3-9-15/h12H,1-11H2,(H,17,18). The van der Waals surface area contributed by atoms with Gasteiger partial charge in [-0.05, 0) is 44.4 Å². The van der Waals surface area contributed by atoms with Crippen LogP contribution in [0.1, 0.15) is 44.9 Å². The van der Waals surface area contributed by atoms with Gasteiger partial charge in [0.05, 0.1) is 0 Å². The van der Waals surface area contributed by atoms with Gasteiger partial charge < -0.3 is 14.9 Å². The molecule has 0 bridgehead atoms. The molecule has 2 aliphatic rings. The van der Waals surface area contributed by atoms with E-state index >= 15 is 0 Å². The number of urea groups is 1. The number of aliphatic carboxylic acids is 1. The molecule has 2 amide bonds. The minimum Gasteiger partial charge on any atom is -0.481 e. The van der Waals surface area contributed by atoms with Gasteiger partial charge in [0.1, 0.15) is 0 Å². The van der Waals surface area contributed by atoms with Crippen molar-refractivity contribution in [3.8, 4) is 0 Å². The highest BCUT2D eigenvalue weighted by atomic mass is 16.4. The molecule has 0 radical (unpaired) electrons. The lowest BCUT2D eigenvalue weighted by molar-refractivity contribution is -0.137. The van der Waals surface area contributed by atoms with E-state index in [9.17, 15) is 9.59 Å². The number of likely N-dealkylation sites (tertiary alicyclic amines) is 2. The monoisotopic (exact) mass is 268 g/mol. The molecular weight excluding hydrogens is 244 g/mol. The Balaban J connectivity index is 1.72. The number of carboxylic acid groups (broad SMARTS) is 1. The summed E-state index contributed by atoms with van der Waals surface area (Å²) in [4.78, 5) is 26.8. The third kappa shape index (κ3) is 4.11. The lowest BCUT2D eigenvalue weighted by Crippen LogP contribution is -2.48. The molecule has 1 N–H and O–H groups in total. The van der Waals surface area contributed by atoms with Crippen molar-refractivity contribution in [2.24, 2.45) is 5.92 Å². The second-order valence-electron chi connectivity index (χ2n) is 5.69. The zero-order valence-corrected chi connectivity index (χ0v) is 11.5. The van der Waals surface area contributed by atoms with Crippen molar-refractivity contribution in [1.29, 1.82) is 0 Å². The Hall–Kier alpha value is -1.26. The van der Waals surface area contributed by atoms with Gasteiger partial charge in [0.2, 0.25) is 0 Å². The van der Waals surface area contributed by atoms with Crippen LogP contribution in [0.15, 0.2) is 0 Å². The van der Waals surface area contributed by atoms with Crippen LogP contribution in [0.5, 0.6) is 0 Å². The molecule has 0 aromatic heterocycles. The number of hydrogen-bond acceptors (Lipinski definition) is 2. The van der Waals surface area contributed by atoms with Crippen molar-refractivity contribution in [2.75, 3.05) is 26.2 Å². The van der Waals surface area contributed by atoms with Crippen LogP contribution in [0.25, 0.3) is 0 Å². The second kappa shape index (κ2) is 6.78. The van der Waals surface area contributed by atoms with Crippen molar-refractivity contribution in [3.63, 3.8) is 0 Å². The smallest absolute Gasteiger partial charge is 0.319 e. The lowest BCUT2D eigenvalue weighted by atomic mass is 9.92. The summed E-state index contributed by atoms with van der Waals surface area (Å²) in [5.41, 5.74) is 0. The number of hydrogen-bond donors (Lipinski definition) is 1. The van der Waals surface area contributed by atoms with Crippen molar-refractivity contribution >= 4 is 12.0 Å². The molecule has 2 saturated heterocycles. The molecule has 2 aliphatic heterocycles. The average Bonchev–Trinajstić information content (AvgIpc) is 2.46. The molecule has 5 heteroatoms. The third-order valence-corrected chi connectivity index (χ3v) is 4.28. The molecule has 0 spiro atoms. The highest BCUT2D eigenvalue weighted by molar-refractivity contribution is 5.74. The molecule has 5 nitrogen and oxygen atoms in total. The first-order chi connectivity index (χ1) is 9.16. The van der Waals surface area contributed by atoms with Crippen molar-refractivity contribution < 1.29 is 14.7 Å². The molecular formula is C14H24N2O3. The Labute approximate surface area is 114 Å². The zero-order valence-electron chi connectivity index (χ0n) is 11.5. The summed E-state index contributed by atoms with van der Waals surface area (Å²) in [6.07, 6.45) is 6.40. The normalized spacial score (nSPS) is 21.5. The number of rotatable bonds is 3. The van der Waals surface area contributed by atoms with Crippen LogP contribution in [0.2, 0.25) is 0 Å². The molecule has 0 unspecified atom stereocenters. The summed E-state index contributed by atoms with van der Waals surface area (Å²) >= 11 is 0. The van der Waals surface area contributed by atoms with Crippen LogP contribution in [0, 0.1) is 5.92 Å². The molecule has 0 aromatic carbocycles. The summed E-state index contributed by atoms with van der Waals surface area (Å²) in [5, 5.41) is 8.68.